The zero-order valence-electron chi connectivity index (χ0n) is 22.7. The van der Waals surface area contributed by atoms with Gasteiger partial charge in [-0.25, -0.2) is 9.67 Å². The Morgan fingerprint density at radius 3 is 2.60 bits per heavy atom. The molecule has 42 heavy (non-hydrogen) atoms. The molecule has 1 saturated heterocycles. The van der Waals surface area contributed by atoms with Crippen LogP contribution < -0.4 is 15.1 Å². The van der Waals surface area contributed by atoms with E-state index in [4.69, 9.17) is 12.2 Å². The summed E-state index contributed by atoms with van der Waals surface area (Å²) in [5.74, 6) is 1.09. The number of aliphatic imine (C=N–C) groups is 1. The first kappa shape index (κ1) is 29.3. The van der Waals surface area contributed by atoms with Gasteiger partial charge in [0.25, 0.3) is 0 Å². The highest BCUT2D eigenvalue weighted by molar-refractivity contribution is 8.14. The maximum absolute atomic E-state index is 12.4. The Morgan fingerprint density at radius 1 is 1.12 bits per heavy atom. The van der Waals surface area contributed by atoms with Gasteiger partial charge < -0.3 is 9.64 Å². The van der Waals surface area contributed by atoms with E-state index in [-0.39, 0.29) is 10.9 Å². The Balaban J connectivity index is 1.19. The highest BCUT2D eigenvalue weighted by atomic mass is 32.2. The molecule has 1 aliphatic rings. The van der Waals surface area contributed by atoms with Gasteiger partial charge in [-0.05, 0) is 66.5 Å². The Hall–Kier alpha value is -4.23. The van der Waals surface area contributed by atoms with Crippen LogP contribution >= 0.6 is 24.0 Å². The molecule has 0 amide bonds. The highest BCUT2D eigenvalue weighted by Gasteiger charge is 2.31. The number of hydrogen-bond donors (Lipinski definition) is 1. The summed E-state index contributed by atoms with van der Waals surface area (Å²) in [6.07, 6.45) is -0.675. The molecule has 0 bridgehead atoms. The number of aryl methyl sites for hydroxylation is 2. The van der Waals surface area contributed by atoms with E-state index in [2.05, 4.69) is 67.3 Å². The molecule has 216 valence electrons. The van der Waals surface area contributed by atoms with Gasteiger partial charge >= 0.3 is 6.36 Å². The number of amidine groups is 1. The minimum absolute atomic E-state index is 0.275. The fraction of sp³-hybridized carbons (Fsp3) is 0.207. The molecule has 0 aliphatic carbocycles. The van der Waals surface area contributed by atoms with Crippen molar-refractivity contribution in [3.63, 3.8) is 0 Å². The number of rotatable bonds is 7. The van der Waals surface area contributed by atoms with Crippen LogP contribution in [-0.4, -0.2) is 49.9 Å². The number of alkyl halides is 3. The molecule has 13 heteroatoms. The smallest absolute Gasteiger partial charge is 0.406 e. The number of para-hydroxylation sites is 1. The van der Waals surface area contributed by atoms with Gasteiger partial charge in [-0.1, -0.05) is 61.2 Å². The van der Waals surface area contributed by atoms with Crippen LogP contribution in [0.2, 0.25) is 0 Å². The lowest BCUT2D eigenvalue weighted by Crippen LogP contribution is -2.27. The molecule has 0 spiro atoms. The number of anilines is 1. The summed E-state index contributed by atoms with van der Waals surface area (Å²) in [6.45, 7) is 5.13. The van der Waals surface area contributed by atoms with Gasteiger partial charge in [-0.3, -0.25) is 5.43 Å². The lowest BCUT2D eigenvalue weighted by atomic mass is 10.0. The van der Waals surface area contributed by atoms with Crippen molar-refractivity contribution < 1.29 is 17.9 Å². The number of thioether (sulfide) groups is 1. The summed E-state index contributed by atoms with van der Waals surface area (Å²) in [4.78, 5) is 11.2. The Bertz CT molecular complexity index is 1620. The maximum atomic E-state index is 12.4. The first-order chi connectivity index (χ1) is 20.2. The number of benzene rings is 3. The predicted molar refractivity (Wildman–Crippen MR) is 165 cm³/mol. The van der Waals surface area contributed by atoms with Crippen LogP contribution in [0.1, 0.15) is 23.6 Å². The number of thiocarbonyl (C=S) groups is 1. The average molecular weight is 610 g/mol. The summed E-state index contributed by atoms with van der Waals surface area (Å²) >= 11 is 7.10. The van der Waals surface area contributed by atoms with Crippen molar-refractivity contribution in [1.82, 2.24) is 20.2 Å². The highest BCUT2D eigenvalue weighted by Crippen LogP contribution is 2.32. The molecule has 5 rings (SSSR count). The third-order valence-electron chi connectivity index (χ3n) is 6.32. The zero-order chi connectivity index (χ0) is 29.7. The maximum Gasteiger partial charge on any atom is 0.573 e. The van der Waals surface area contributed by atoms with Crippen molar-refractivity contribution in [2.75, 3.05) is 17.2 Å². The Kier molecular flexibility index (Phi) is 8.88. The van der Waals surface area contributed by atoms with Gasteiger partial charge in [0.1, 0.15) is 12.1 Å². The molecule has 2 heterocycles. The summed E-state index contributed by atoms with van der Waals surface area (Å²) in [6, 6.07) is 19.1. The second-order valence-corrected chi connectivity index (χ2v) is 10.6. The van der Waals surface area contributed by atoms with Crippen LogP contribution in [0.4, 0.5) is 18.9 Å². The molecule has 0 unspecified atom stereocenters. The van der Waals surface area contributed by atoms with Gasteiger partial charge in [-0.15, -0.1) is 18.3 Å². The van der Waals surface area contributed by atoms with Crippen molar-refractivity contribution in [3.05, 3.63) is 89.7 Å². The molecule has 3 aromatic carbocycles. The zero-order valence-corrected chi connectivity index (χ0v) is 24.3. The predicted octanol–water partition coefficient (Wildman–Crippen LogP) is 6.52. The monoisotopic (exact) mass is 609 g/mol. The second-order valence-electron chi connectivity index (χ2n) is 9.18. The van der Waals surface area contributed by atoms with E-state index in [1.807, 2.05) is 24.3 Å². The molecular formula is C29H26F3N7OS2. The van der Waals surface area contributed by atoms with Gasteiger partial charge in [0.2, 0.25) is 5.11 Å². The lowest BCUT2D eigenvalue weighted by Gasteiger charge is -2.23. The molecular weight excluding hydrogens is 583 g/mol. The van der Waals surface area contributed by atoms with Crippen LogP contribution in [0.25, 0.3) is 17.1 Å². The van der Waals surface area contributed by atoms with Crippen LogP contribution in [0, 0.1) is 6.92 Å². The van der Waals surface area contributed by atoms with Crippen molar-refractivity contribution in [1.29, 1.82) is 0 Å². The topological polar surface area (TPSA) is 79.9 Å². The number of halogens is 3. The van der Waals surface area contributed by atoms with Crippen molar-refractivity contribution in [2.45, 2.75) is 26.6 Å². The molecule has 1 N–H and O–H groups in total. The standard InChI is InChI=1S/C29H26F3N7OS2/c1-3-21-6-4-5-19(2)25(21)38-15-16-42-28(38)35-27(41)36-34-17-20-7-9-22(10-8-20)26-33-18-39(37-26)23-11-13-24(14-12-23)40-29(30,31)32/h4-14,17-18H,3,15-16H2,1-2H3,(H,36,41)/b34-17+,35-28-. The fourth-order valence-corrected chi connectivity index (χ4v) is 5.55. The normalized spacial score (nSPS) is 14.6. The van der Waals surface area contributed by atoms with E-state index < -0.39 is 6.36 Å². The molecule has 4 aromatic rings. The molecule has 1 aliphatic heterocycles. The van der Waals surface area contributed by atoms with Crippen LogP contribution in [0.5, 0.6) is 5.75 Å². The molecule has 8 nitrogen and oxygen atoms in total. The number of hydrazone groups is 1. The third kappa shape index (κ3) is 7.15. The molecule has 1 fully saturated rings. The van der Waals surface area contributed by atoms with Crippen LogP contribution in [0.15, 0.2) is 83.2 Å². The molecule has 0 radical (unpaired) electrons. The van der Waals surface area contributed by atoms with Gasteiger partial charge in [0.05, 0.1) is 11.9 Å². The lowest BCUT2D eigenvalue weighted by molar-refractivity contribution is -0.274. The summed E-state index contributed by atoms with van der Waals surface area (Å²) in [7, 11) is 0. The van der Waals surface area contributed by atoms with E-state index in [1.54, 1.807) is 18.0 Å². The summed E-state index contributed by atoms with van der Waals surface area (Å²) in [5, 5.41) is 9.79. The van der Waals surface area contributed by atoms with Gasteiger partial charge in [-0.2, -0.15) is 10.1 Å². The summed E-state index contributed by atoms with van der Waals surface area (Å²) < 4.78 is 42.5. The summed E-state index contributed by atoms with van der Waals surface area (Å²) in [5.41, 5.74) is 8.65. The number of nitrogens with zero attached hydrogens (tertiary/aromatic N) is 6. The Labute approximate surface area is 250 Å². The first-order valence-corrected chi connectivity index (χ1v) is 14.4. The number of hydrogen-bond acceptors (Lipinski definition) is 6. The second kappa shape index (κ2) is 12.7. The molecule has 1 aromatic heterocycles. The van der Waals surface area contributed by atoms with Crippen molar-refractivity contribution in [2.24, 2.45) is 10.1 Å². The minimum Gasteiger partial charge on any atom is -0.406 e. The number of ether oxygens (including phenoxy) is 1. The largest absolute Gasteiger partial charge is 0.573 e. The van der Waals surface area contributed by atoms with Crippen LogP contribution in [-0.2, 0) is 6.42 Å². The minimum atomic E-state index is -4.74. The van der Waals surface area contributed by atoms with E-state index in [1.165, 1.54) is 52.1 Å². The van der Waals surface area contributed by atoms with Gasteiger partial charge in [0, 0.05) is 23.5 Å². The number of aromatic nitrogens is 3. The quantitative estimate of drug-likeness (QED) is 0.145. The van der Waals surface area contributed by atoms with Gasteiger partial charge in [0.15, 0.2) is 11.0 Å². The van der Waals surface area contributed by atoms with Crippen molar-refractivity contribution in [3.8, 4) is 22.8 Å². The first-order valence-electron chi connectivity index (χ1n) is 13.0. The average Bonchev–Trinajstić information content (AvgIpc) is 3.63. The Morgan fingerprint density at radius 2 is 1.88 bits per heavy atom. The third-order valence-corrected chi connectivity index (χ3v) is 7.45. The molecule has 0 saturated carbocycles. The fourth-order valence-electron chi connectivity index (χ4n) is 4.41. The van der Waals surface area contributed by atoms with E-state index in [0.29, 0.717) is 11.5 Å². The molecule has 0 atom stereocenters. The van der Waals surface area contributed by atoms with Crippen molar-refractivity contribution >= 4 is 46.2 Å². The van der Waals surface area contributed by atoms with E-state index in [0.717, 1.165) is 35.0 Å². The van der Waals surface area contributed by atoms with E-state index in [9.17, 15) is 13.2 Å². The SMILES string of the molecule is CCc1cccc(C)c1N1CCS/C1=N\C(=S)N/N=C/c1ccc(-c2ncn(-c3ccc(OC(F)(F)F)cc3)n2)cc1. The number of nitrogens with one attached hydrogen (secondary N) is 1. The van der Waals surface area contributed by atoms with Crippen LogP contribution in [0.3, 0.4) is 0 Å². The van der Waals surface area contributed by atoms with E-state index >= 15 is 0 Å².